The van der Waals surface area contributed by atoms with Gasteiger partial charge >= 0.3 is 0 Å². The average Bonchev–Trinajstić information content (AvgIpc) is 2.03. The van der Waals surface area contributed by atoms with Gasteiger partial charge in [0.25, 0.3) is 0 Å². The Balaban J connectivity index is 3.01. The third-order valence-corrected chi connectivity index (χ3v) is 2.61. The summed E-state index contributed by atoms with van der Waals surface area (Å²) in [6.07, 6.45) is 4.30. The Morgan fingerprint density at radius 3 is 2.54 bits per heavy atom. The largest absolute Gasteiger partial charge is 0.298 e. The van der Waals surface area contributed by atoms with Gasteiger partial charge in [0.2, 0.25) is 0 Å². The van der Waals surface area contributed by atoms with Gasteiger partial charge in [-0.1, -0.05) is 44.0 Å². The van der Waals surface area contributed by atoms with Gasteiger partial charge in [0, 0.05) is 11.5 Å². The molecule has 0 radical (unpaired) electrons. The molecule has 0 fully saturated rings. The summed E-state index contributed by atoms with van der Waals surface area (Å²) in [6, 6.07) is 0. The van der Waals surface area contributed by atoms with Crippen LogP contribution in [0, 0.1) is 5.41 Å². The van der Waals surface area contributed by atoms with Gasteiger partial charge in [-0.2, -0.15) is 0 Å². The van der Waals surface area contributed by atoms with Crippen molar-refractivity contribution in [3.8, 4) is 0 Å². The average molecular weight is 199 g/mol. The molecule has 1 nitrogen and oxygen atoms in total. The van der Waals surface area contributed by atoms with E-state index < -0.39 is 0 Å². The van der Waals surface area contributed by atoms with Crippen LogP contribution in [0.2, 0.25) is 0 Å². The summed E-state index contributed by atoms with van der Waals surface area (Å²) >= 11 is 5.95. The first-order valence-electron chi connectivity index (χ1n) is 4.47. The molecular formula is C11H15ClO. The predicted molar refractivity (Wildman–Crippen MR) is 55.7 cm³/mol. The lowest BCUT2D eigenvalue weighted by Gasteiger charge is -2.27. The van der Waals surface area contributed by atoms with Crippen LogP contribution in [0.15, 0.2) is 22.3 Å². The number of aldehydes is 1. The van der Waals surface area contributed by atoms with E-state index in [0.717, 1.165) is 23.3 Å². The second-order valence-corrected chi connectivity index (χ2v) is 4.89. The molecule has 1 rings (SSSR count). The fourth-order valence-corrected chi connectivity index (χ4v) is 1.78. The smallest absolute Gasteiger partial charge is 0.146 e. The Bertz CT molecular complexity index is 279. The minimum absolute atomic E-state index is 0.0463. The van der Waals surface area contributed by atoms with Crippen molar-refractivity contribution in [3.05, 3.63) is 22.3 Å². The first-order valence-corrected chi connectivity index (χ1v) is 4.85. The van der Waals surface area contributed by atoms with E-state index in [1.54, 1.807) is 0 Å². The highest BCUT2D eigenvalue weighted by molar-refractivity contribution is 6.29. The van der Waals surface area contributed by atoms with Gasteiger partial charge in [0.05, 0.1) is 0 Å². The molecule has 0 spiro atoms. The standard InChI is InChI=1S/C11H15ClO/c1-11(2,3)10-6-9(12)5-4-8(10)7-13/h5,7H,4,6H2,1-3H3. The minimum atomic E-state index is 0.0463. The summed E-state index contributed by atoms with van der Waals surface area (Å²) in [5.41, 5.74) is 2.12. The lowest BCUT2D eigenvalue weighted by atomic mass is 9.79. The third kappa shape index (κ3) is 2.44. The maximum Gasteiger partial charge on any atom is 0.146 e. The van der Waals surface area contributed by atoms with Crippen molar-refractivity contribution < 1.29 is 4.79 Å². The van der Waals surface area contributed by atoms with Crippen molar-refractivity contribution in [2.45, 2.75) is 33.6 Å². The summed E-state index contributed by atoms with van der Waals surface area (Å²) < 4.78 is 0. The number of rotatable bonds is 1. The number of carbonyl (C=O) groups is 1. The van der Waals surface area contributed by atoms with Gasteiger partial charge in [-0.05, 0) is 17.4 Å². The zero-order chi connectivity index (χ0) is 10.1. The fourth-order valence-electron chi connectivity index (χ4n) is 1.56. The Labute approximate surface area is 84.5 Å². The molecule has 0 aromatic heterocycles. The van der Waals surface area contributed by atoms with Crippen molar-refractivity contribution in [2.75, 3.05) is 0 Å². The maximum absolute atomic E-state index is 10.8. The highest BCUT2D eigenvalue weighted by atomic mass is 35.5. The van der Waals surface area contributed by atoms with Crippen molar-refractivity contribution in [1.29, 1.82) is 0 Å². The van der Waals surface area contributed by atoms with E-state index >= 15 is 0 Å². The molecule has 1 aliphatic carbocycles. The predicted octanol–water partition coefficient (Wildman–Crippen LogP) is 3.44. The maximum atomic E-state index is 10.8. The van der Waals surface area contributed by atoms with E-state index in [1.165, 1.54) is 5.57 Å². The van der Waals surface area contributed by atoms with Gasteiger partial charge in [0.1, 0.15) is 6.29 Å². The lowest BCUT2D eigenvalue weighted by molar-refractivity contribution is -0.105. The number of carbonyl (C=O) groups excluding carboxylic acids is 1. The first-order chi connectivity index (χ1) is 5.95. The number of allylic oxidation sites excluding steroid dienone is 4. The van der Waals surface area contributed by atoms with Crippen molar-refractivity contribution in [1.82, 2.24) is 0 Å². The summed E-state index contributed by atoms with van der Waals surface area (Å²) in [7, 11) is 0. The van der Waals surface area contributed by atoms with Crippen molar-refractivity contribution in [3.63, 3.8) is 0 Å². The molecule has 0 atom stereocenters. The summed E-state index contributed by atoms with van der Waals surface area (Å²) in [5.74, 6) is 0. The van der Waals surface area contributed by atoms with Crippen LogP contribution >= 0.6 is 11.6 Å². The fraction of sp³-hybridized carbons (Fsp3) is 0.545. The van der Waals surface area contributed by atoms with E-state index in [9.17, 15) is 4.79 Å². The topological polar surface area (TPSA) is 17.1 Å². The van der Waals surface area contributed by atoms with Crippen LogP contribution in [0.25, 0.3) is 0 Å². The number of hydrogen-bond acceptors (Lipinski definition) is 1. The van der Waals surface area contributed by atoms with Crippen LogP contribution in [-0.4, -0.2) is 6.29 Å². The molecule has 0 amide bonds. The molecule has 0 heterocycles. The van der Waals surface area contributed by atoms with Crippen LogP contribution < -0.4 is 0 Å². The molecule has 0 aromatic carbocycles. The summed E-state index contributed by atoms with van der Waals surface area (Å²) in [5, 5.41) is 0.857. The Hall–Kier alpha value is -0.560. The van der Waals surface area contributed by atoms with Crippen molar-refractivity contribution in [2.24, 2.45) is 5.41 Å². The molecule has 13 heavy (non-hydrogen) atoms. The van der Waals surface area contributed by atoms with Crippen LogP contribution in [0.4, 0.5) is 0 Å². The van der Waals surface area contributed by atoms with E-state index in [2.05, 4.69) is 20.8 Å². The van der Waals surface area contributed by atoms with Gasteiger partial charge in [-0.25, -0.2) is 0 Å². The van der Waals surface area contributed by atoms with Crippen molar-refractivity contribution >= 4 is 17.9 Å². The number of hydrogen-bond donors (Lipinski definition) is 0. The second-order valence-electron chi connectivity index (χ2n) is 4.40. The molecule has 0 saturated carbocycles. The van der Waals surface area contributed by atoms with Crippen LogP contribution in [0.5, 0.6) is 0 Å². The molecule has 0 bridgehead atoms. The molecular weight excluding hydrogens is 184 g/mol. The zero-order valence-corrected chi connectivity index (χ0v) is 9.11. The molecule has 0 unspecified atom stereocenters. The second kappa shape index (κ2) is 3.67. The highest BCUT2D eigenvalue weighted by Gasteiger charge is 2.23. The normalized spacial score (nSPS) is 18.6. The molecule has 0 N–H and O–H groups in total. The Morgan fingerprint density at radius 2 is 2.08 bits per heavy atom. The van der Waals surface area contributed by atoms with Crippen LogP contribution in [0.3, 0.4) is 0 Å². The summed E-state index contributed by atoms with van der Waals surface area (Å²) in [6.45, 7) is 6.34. The Morgan fingerprint density at radius 1 is 1.46 bits per heavy atom. The highest BCUT2D eigenvalue weighted by Crippen LogP contribution is 2.37. The number of halogens is 1. The molecule has 0 saturated heterocycles. The van der Waals surface area contributed by atoms with Gasteiger partial charge in [-0.15, -0.1) is 0 Å². The summed E-state index contributed by atoms with van der Waals surface area (Å²) in [4.78, 5) is 10.8. The zero-order valence-electron chi connectivity index (χ0n) is 8.36. The monoisotopic (exact) mass is 198 g/mol. The molecule has 2 heteroatoms. The van der Waals surface area contributed by atoms with E-state index in [-0.39, 0.29) is 5.41 Å². The van der Waals surface area contributed by atoms with E-state index in [1.807, 2.05) is 6.08 Å². The van der Waals surface area contributed by atoms with Crippen LogP contribution in [0.1, 0.15) is 33.6 Å². The van der Waals surface area contributed by atoms with Gasteiger partial charge in [0.15, 0.2) is 0 Å². The molecule has 1 aliphatic rings. The third-order valence-electron chi connectivity index (χ3n) is 2.32. The van der Waals surface area contributed by atoms with E-state index in [4.69, 9.17) is 11.6 Å². The van der Waals surface area contributed by atoms with E-state index in [0.29, 0.717) is 6.42 Å². The molecule has 0 aliphatic heterocycles. The molecule has 72 valence electrons. The van der Waals surface area contributed by atoms with Gasteiger partial charge in [-0.3, -0.25) is 4.79 Å². The Kier molecular flexibility index (Phi) is 2.97. The lowest BCUT2D eigenvalue weighted by Crippen LogP contribution is -2.15. The first kappa shape index (κ1) is 10.5. The molecule has 0 aromatic rings. The van der Waals surface area contributed by atoms with Gasteiger partial charge < -0.3 is 0 Å². The quantitative estimate of drug-likeness (QED) is 0.590. The minimum Gasteiger partial charge on any atom is -0.298 e. The van der Waals surface area contributed by atoms with Crippen LogP contribution in [-0.2, 0) is 4.79 Å². The SMILES string of the molecule is CC(C)(C)C1=C(C=O)CC=C(Cl)C1.